The first-order valence-electron chi connectivity index (χ1n) is 6.43. The van der Waals surface area contributed by atoms with Gasteiger partial charge < -0.3 is 9.67 Å². The second kappa shape index (κ2) is 5.97. The predicted octanol–water partition coefficient (Wildman–Crippen LogP) is 2.66. The minimum absolute atomic E-state index is 0.00361. The summed E-state index contributed by atoms with van der Waals surface area (Å²) in [6.07, 6.45) is 3.54. The number of benzene rings is 1. The lowest BCUT2D eigenvalue weighted by Gasteiger charge is -2.08. The molecule has 3 aromatic rings. The maximum absolute atomic E-state index is 10.8. The van der Waals surface area contributed by atoms with Crippen LogP contribution >= 0.6 is 11.8 Å². The summed E-state index contributed by atoms with van der Waals surface area (Å²) in [6.45, 7) is 0.621. The fourth-order valence-corrected chi connectivity index (χ4v) is 2.85. The number of rotatable bonds is 5. The molecule has 0 saturated carbocycles. The van der Waals surface area contributed by atoms with Crippen LogP contribution in [0.15, 0.2) is 53.9 Å². The first-order valence-corrected chi connectivity index (χ1v) is 7.41. The van der Waals surface area contributed by atoms with Crippen LogP contribution in [0.5, 0.6) is 0 Å². The SMILES string of the molecule is O=C(O)CSc1nc2ccccc2n1Cc1cccnc1. The monoisotopic (exact) mass is 299 g/mol. The molecule has 0 aliphatic rings. The van der Waals surface area contributed by atoms with Gasteiger partial charge in [-0.1, -0.05) is 30.0 Å². The number of aromatic nitrogens is 3. The van der Waals surface area contributed by atoms with E-state index in [1.165, 1.54) is 11.8 Å². The Morgan fingerprint density at radius 3 is 2.86 bits per heavy atom. The van der Waals surface area contributed by atoms with Crippen LogP contribution in [0.25, 0.3) is 11.0 Å². The van der Waals surface area contributed by atoms with Crippen LogP contribution in [-0.2, 0) is 11.3 Å². The van der Waals surface area contributed by atoms with E-state index < -0.39 is 5.97 Å². The van der Waals surface area contributed by atoms with Gasteiger partial charge in [0.1, 0.15) is 0 Å². The number of fused-ring (bicyclic) bond motifs is 1. The van der Waals surface area contributed by atoms with E-state index in [2.05, 4.69) is 9.97 Å². The van der Waals surface area contributed by atoms with Gasteiger partial charge in [-0.05, 0) is 23.8 Å². The van der Waals surface area contributed by atoms with Crippen molar-refractivity contribution < 1.29 is 9.90 Å². The fraction of sp³-hybridized carbons (Fsp3) is 0.133. The smallest absolute Gasteiger partial charge is 0.313 e. The van der Waals surface area contributed by atoms with E-state index in [1.54, 1.807) is 12.4 Å². The molecule has 0 amide bonds. The maximum atomic E-state index is 10.8. The summed E-state index contributed by atoms with van der Waals surface area (Å²) in [4.78, 5) is 19.4. The molecule has 0 radical (unpaired) electrons. The molecule has 0 saturated heterocycles. The first kappa shape index (κ1) is 13.6. The zero-order valence-corrected chi connectivity index (χ0v) is 12.0. The van der Waals surface area contributed by atoms with Crippen LogP contribution in [0.1, 0.15) is 5.56 Å². The lowest BCUT2D eigenvalue weighted by Crippen LogP contribution is -2.04. The molecule has 0 fully saturated rings. The summed E-state index contributed by atoms with van der Waals surface area (Å²) >= 11 is 1.23. The highest BCUT2D eigenvalue weighted by Crippen LogP contribution is 2.24. The number of para-hydroxylation sites is 2. The van der Waals surface area contributed by atoms with Gasteiger partial charge in [-0.3, -0.25) is 9.78 Å². The van der Waals surface area contributed by atoms with E-state index in [4.69, 9.17) is 5.11 Å². The number of aliphatic carboxylic acids is 1. The van der Waals surface area contributed by atoms with Crippen molar-refractivity contribution in [3.05, 3.63) is 54.4 Å². The highest BCUT2D eigenvalue weighted by atomic mass is 32.2. The standard InChI is InChI=1S/C15H13N3O2S/c19-14(20)10-21-15-17-12-5-1-2-6-13(12)18(15)9-11-4-3-7-16-8-11/h1-8H,9-10H2,(H,19,20). The van der Waals surface area contributed by atoms with Crippen LogP contribution < -0.4 is 0 Å². The number of thioether (sulfide) groups is 1. The molecule has 2 heterocycles. The van der Waals surface area contributed by atoms with Gasteiger partial charge in [0.2, 0.25) is 0 Å². The summed E-state index contributed by atoms with van der Waals surface area (Å²) in [6, 6.07) is 11.7. The second-order valence-corrected chi connectivity index (χ2v) is 5.46. The molecule has 0 aliphatic heterocycles. The van der Waals surface area contributed by atoms with E-state index >= 15 is 0 Å². The van der Waals surface area contributed by atoms with Gasteiger partial charge in [-0.2, -0.15) is 0 Å². The molecule has 0 aliphatic carbocycles. The summed E-state index contributed by atoms with van der Waals surface area (Å²) in [7, 11) is 0. The Kier molecular flexibility index (Phi) is 3.87. The van der Waals surface area contributed by atoms with Crippen molar-refractivity contribution in [2.45, 2.75) is 11.7 Å². The van der Waals surface area contributed by atoms with Crippen molar-refractivity contribution in [2.24, 2.45) is 0 Å². The van der Waals surface area contributed by atoms with E-state index in [9.17, 15) is 4.79 Å². The quantitative estimate of drug-likeness (QED) is 0.734. The minimum atomic E-state index is -0.847. The van der Waals surface area contributed by atoms with Crippen LogP contribution in [0.2, 0.25) is 0 Å². The van der Waals surface area contributed by atoms with E-state index in [0.717, 1.165) is 16.6 Å². The number of carboxylic acids is 1. The number of carboxylic acid groups (broad SMARTS) is 1. The summed E-state index contributed by atoms with van der Waals surface area (Å²) in [5.74, 6) is -0.851. The van der Waals surface area contributed by atoms with Gasteiger partial charge in [-0.25, -0.2) is 4.98 Å². The summed E-state index contributed by atoms with van der Waals surface area (Å²) in [5.41, 5.74) is 2.92. The molecule has 3 rings (SSSR count). The van der Waals surface area contributed by atoms with Crippen LogP contribution in [0.4, 0.5) is 0 Å². The lowest BCUT2D eigenvalue weighted by atomic mass is 10.2. The molecular formula is C15H13N3O2S. The topological polar surface area (TPSA) is 68.0 Å². The zero-order chi connectivity index (χ0) is 14.7. The van der Waals surface area contributed by atoms with Crippen molar-refractivity contribution >= 4 is 28.8 Å². The van der Waals surface area contributed by atoms with E-state index in [0.29, 0.717) is 11.7 Å². The van der Waals surface area contributed by atoms with Gasteiger partial charge in [0.15, 0.2) is 5.16 Å². The van der Waals surface area contributed by atoms with Crippen molar-refractivity contribution in [3.63, 3.8) is 0 Å². The van der Waals surface area contributed by atoms with E-state index in [-0.39, 0.29) is 5.75 Å². The Labute approximate surface area is 125 Å². The molecule has 106 valence electrons. The number of hydrogen-bond acceptors (Lipinski definition) is 4. The van der Waals surface area contributed by atoms with Crippen LogP contribution in [-0.4, -0.2) is 31.4 Å². The average molecular weight is 299 g/mol. The zero-order valence-electron chi connectivity index (χ0n) is 11.1. The molecular weight excluding hydrogens is 286 g/mol. The molecule has 0 bridgehead atoms. The Hall–Kier alpha value is -2.34. The summed E-state index contributed by atoms with van der Waals surface area (Å²) in [5, 5.41) is 9.57. The van der Waals surface area contributed by atoms with Gasteiger partial charge in [0.05, 0.1) is 23.3 Å². The molecule has 1 N–H and O–H groups in total. The van der Waals surface area contributed by atoms with Crippen molar-refractivity contribution in [1.29, 1.82) is 0 Å². The number of pyridine rings is 1. The van der Waals surface area contributed by atoms with Crippen LogP contribution in [0, 0.1) is 0 Å². The molecule has 21 heavy (non-hydrogen) atoms. The molecule has 2 aromatic heterocycles. The minimum Gasteiger partial charge on any atom is -0.481 e. The third-order valence-corrected chi connectivity index (χ3v) is 3.97. The fourth-order valence-electron chi connectivity index (χ4n) is 2.12. The lowest BCUT2D eigenvalue weighted by molar-refractivity contribution is -0.133. The molecule has 0 unspecified atom stereocenters. The van der Waals surface area contributed by atoms with Crippen LogP contribution in [0.3, 0.4) is 0 Å². The molecule has 0 spiro atoms. The van der Waals surface area contributed by atoms with Gasteiger partial charge >= 0.3 is 5.97 Å². The molecule has 5 nitrogen and oxygen atoms in total. The Morgan fingerprint density at radius 2 is 2.10 bits per heavy atom. The first-order chi connectivity index (χ1) is 10.2. The highest BCUT2D eigenvalue weighted by Gasteiger charge is 2.12. The predicted molar refractivity (Wildman–Crippen MR) is 81.4 cm³/mol. The third kappa shape index (κ3) is 3.05. The Morgan fingerprint density at radius 1 is 1.24 bits per heavy atom. The highest BCUT2D eigenvalue weighted by molar-refractivity contribution is 7.99. The molecule has 6 heteroatoms. The van der Waals surface area contributed by atoms with Crippen molar-refractivity contribution in [2.75, 3.05) is 5.75 Å². The maximum Gasteiger partial charge on any atom is 0.313 e. The molecule has 0 atom stereocenters. The summed E-state index contributed by atoms with van der Waals surface area (Å²) < 4.78 is 2.03. The number of carbonyl (C=O) groups is 1. The van der Waals surface area contributed by atoms with Gasteiger partial charge in [0, 0.05) is 12.4 Å². The number of imidazole rings is 1. The van der Waals surface area contributed by atoms with Crippen molar-refractivity contribution in [3.8, 4) is 0 Å². The number of nitrogens with zero attached hydrogens (tertiary/aromatic N) is 3. The van der Waals surface area contributed by atoms with Gasteiger partial charge in [0.25, 0.3) is 0 Å². The Bertz CT molecular complexity index is 771. The second-order valence-electron chi connectivity index (χ2n) is 4.51. The Balaban J connectivity index is 2.00. The third-order valence-electron chi connectivity index (χ3n) is 3.01. The molecule has 1 aromatic carbocycles. The average Bonchev–Trinajstić information content (AvgIpc) is 2.84. The van der Waals surface area contributed by atoms with Crippen molar-refractivity contribution in [1.82, 2.24) is 14.5 Å². The largest absolute Gasteiger partial charge is 0.481 e. The van der Waals surface area contributed by atoms with Gasteiger partial charge in [-0.15, -0.1) is 0 Å². The normalized spacial score (nSPS) is 10.9. The number of hydrogen-bond donors (Lipinski definition) is 1. The van der Waals surface area contributed by atoms with E-state index in [1.807, 2.05) is 41.0 Å².